The Bertz CT molecular complexity index is 1420. The molecule has 4 aromatic rings. The fraction of sp³-hybridized carbons (Fsp3) is 0.130. The van der Waals surface area contributed by atoms with Gasteiger partial charge in [-0.3, -0.25) is 13.9 Å². The van der Waals surface area contributed by atoms with Gasteiger partial charge < -0.3 is 11.1 Å². The van der Waals surface area contributed by atoms with E-state index in [1.807, 2.05) is 0 Å². The Hall–Kier alpha value is -4.08. The molecule has 0 fully saturated rings. The number of anilines is 2. The van der Waals surface area contributed by atoms with Crippen LogP contribution in [0, 0.1) is 5.82 Å². The molecule has 0 aliphatic heterocycles. The maximum atomic E-state index is 14.6. The Kier molecular flexibility index (Phi) is 5.44. The van der Waals surface area contributed by atoms with Gasteiger partial charge in [0.1, 0.15) is 11.3 Å². The van der Waals surface area contributed by atoms with E-state index in [1.165, 1.54) is 19.2 Å². The number of fused-ring (bicyclic) bond motifs is 1. The van der Waals surface area contributed by atoms with Crippen molar-refractivity contribution in [3.05, 3.63) is 93.7 Å². The molecule has 1 aromatic heterocycles. The number of imidazole rings is 1. The number of alkyl halides is 3. The van der Waals surface area contributed by atoms with Crippen LogP contribution in [0.2, 0.25) is 0 Å². The summed E-state index contributed by atoms with van der Waals surface area (Å²) in [5.74, 6) is -1.54. The number of aryl methyl sites for hydroxylation is 1. The van der Waals surface area contributed by atoms with Crippen molar-refractivity contribution in [2.75, 3.05) is 11.1 Å². The minimum Gasteiger partial charge on any atom is -0.397 e. The summed E-state index contributed by atoms with van der Waals surface area (Å²) in [5, 5.41) is 2.69. The van der Waals surface area contributed by atoms with E-state index < -0.39 is 29.2 Å². The number of hydrogen-bond acceptors (Lipinski definition) is 3. The van der Waals surface area contributed by atoms with E-state index in [9.17, 15) is 27.2 Å². The lowest BCUT2D eigenvalue weighted by molar-refractivity contribution is -0.137. The number of nitrogens with two attached hydrogens (primary N) is 1. The third-order valence-electron chi connectivity index (χ3n) is 5.29. The summed E-state index contributed by atoms with van der Waals surface area (Å²) in [5.41, 5.74) is 5.35. The Balaban J connectivity index is 1.63. The second-order valence-corrected chi connectivity index (χ2v) is 7.49. The van der Waals surface area contributed by atoms with Crippen molar-refractivity contribution in [1.82, 2.24) is 9.13 Å². The van der Waals surface area contributed by atoms with Crippen molar-refractivity contribution >= 4 is 28.3 Å². The van der Waals surface area contributed by atoms with E-state index in [4.69, 9.17) is 5.73 Å². The topological polar surface area (TPSA) is 82.0 Å². The molecule has 0 saturated heterocycles. The summed E-state index contributed by atoms with van der Waals surface area (Å²) in [6, 6.07) is 14.1. The van der Waals surface area contributed by atoms with Gasteiger partial charge in [-0.1, -0.05) is 24.3 Å². The van der Waals surface area contributed by atoms with Gasteiger partial charge in [0.2, 0.25) is 0 Å². The molecule has 170 valence electrons. The van der Waals surface area contributed by atoms with E-state index >= 15 is 0 Å². The maximum Gasteiger partial charge on any atom is 0.416 e. The van der Waals surface area contributed by atoms with Gasteiger partial charge in [-0.15, -0.1) is 0 Å². The van der Waals surface area contributed by atoms with E-state index in [0.29, 0.717) is 28.6 Å². The highest BCUT2D eigenvalue weighted by Gasteiger charge is 2.32. The van der Waals surface area contributed by atoms with Crippen LogP contribution in [-0.2, 0) is 19.8 Å². The molecule has 6 nitrogen and oxygen atoms in total. The monoisotopic (exact) mass is 458 g/mol. The lowest BCUT2D eigenvalue weighted by Crippen LogP contribution is -2.23. The van der Waals surface area contributed by atoms with Crippen molar-refractivity contribution in [1.29, 1.82) is 0 Å². The molecule has 0 aliphatic rings. The molecule has 0 bridgehead atoms. The van der Waals surface area contributed by atoms with Crippen LogP contribution in [0.4, 0.5) is 28.9 Å². The van der Waals surface area contributed by atoms with Crippen molar-refractivity contribution in [2.45, 2.75) is 12.7 Å². The fourth-order valence-corrected chi connectivity index (χ4v) is 3.55. The van der Waals surface area contributed by atoms with Gasteiger partial charge in [-0.05, 0) is 42.0 Å². The van der Waals surface area contributed by atoms with Gasteiger partial charge in [0.05, 0.1) is 29.0 Å². The second-order valence-electron chi connectivity index (χ2n) is 7.49. The first-order valence-electron chi connectivity index (χ1n) is 9.77. The number of amides is 1. The summed E-state index contributed by atoms with van der Waals surface area (Å²) in [6.07, 6.45) is -4.74. The predicted molar refractivity (Wildman–Crippen MR) is 116 cm³/mol. The number of carbonyl (C=O) groups excluding carboxylic acids is 1. The van der Waals surface area contributed by atoms with Gasteiger partial charge in [0.15, 0.2) is 0 Å². The van der Waals surface area contributed by atoms with Gasteiger partial charge >= 0.3 is 11.9 Å². The largest absolute Gasteiger partial charge is 0.416 e. The number of nitrogen functional groups attached to an aromatic ring is 1. The maximum absolute atomic E-state index is 14.6. The first-order chi connectivity index (χ1) is 15.6. The molecule has 1 amide bonds. The first-order valence-corrected chi connectivity index (χ1v) is 9.77. The average molecular weight is 458 g/mol. The van der Waals surface area contributed by atoms with Crippen LogP contribution >= 0.6 is 0 Å². The lowest BCUT2D eigenvalue weighted by Gasteiger charge is -2.10. The standard InChI is InChI=1S/C23H18F4N4O2/c1-30-19-11-15(23(25,26)27)10-16(24)20(19)31(22(30)33)12-13-6-8-14(9-7-13)21(32)29-18-5-3-2-4-17(18)28/h2-11H,12,28H2,1H3,(H,29,32). The molecule has 3 aromatic carbocycles. The average Bonchev–Trinajstić information content (AvgIpc) is 3.00. The Labute approximate surface area is 184 Å². The highest BCUT2D eigenvalue weighted by molar-refractivity contribution is 6.05. The zero-order valence-electron chi connectivity index (χ0n) is 17.3. The van der Waals surface area contributed by atoms with Crippen LogP contribution in [0.5, 0.6) is 0 Å². The molecular weight excluding hydrogens is 440 g/mol. The van der Waals surface area contributed by atoms with Gasteiger partial charge in [0.25, 0.3) is 5.91 Å². The number of carbonyl (C=O) groups is 1. The SMILES string of the molecule is Cn1c(=O)n(Cc2ccc(C(=O)Nc3ccccc3N)cc2)c2c(F)cc(C(F)(F)F)cc21. The number of nitrogens with one attached hydrogen (secondary N) is 1. The van der Waals surface area contributed by atoms with E-state index in [-0.39, 0.29) is 17.6 Å². The second kappa shape index (κ2) is 8.12. The van der Waals surface area contributed by atoms with Crippen molar-refractivity contribution in [3.63, 3.8) is 0 Å². The van der Waals surface area contributed by atoms with Gasteiger partial charge in [0, 0.05) is 12.6 Å². The number of nitrogens with zero attached hydrogens (tertiary/aromatic N) is 2. The quantitative estimate of drug-likeness (QED) is 0.352. The molecule has 1 heterocycles. The van der Waals surface area contributed by atoms with E-state index in [2.05, 4.69) is 5.32 Å². The number of para-hydroxylation sites is 2. The molecule has 0 saturated carbocycles. The molecule has 0 aliphatic carbocycles. The molecule has 0 radical (unpaired) electrons. The molecule has 0 atom stereocenters. The van der Waals surface area contributed by atoms with Gasteiger partial charge in [-0.25, -0.2) is 9.18 Å². The Morgan fingerprint density at radius 3 is 2.36 bits per heavy atom. The van der Waals surface area contributed by atoms with Crippen molar-refractivity contribution in [2.24, 2.45) is 7.05 Å². The summed E-state index contributed by atoms with van der Waals surface area (Å²) >= 11 is 0. The number of benzene rings is 3. The van der Waals surface area contributed by atoms with Gasteiger partial charge in [-0.2, -0.15) is 13.2 Å². The lowest BCUT2D eigenvalue weighted by atomic mass is 10.1. The Morgan fingerprint density at radius 2 is 1.73 bits per heavy atom. The minimum atomic E-state index is -4.74. The summed E-state index contributed by atoms with van der Waals surface area (Å²) in [6.45, 7) is -0.0913. The first kappa shape index (κ1) is 22.1. The van der Waals surface area contributed by atoms with Crippen LogP contribution in [0.3, 0.4) is 0 Å². The summed E-state index contributed by atoms with van der Waals surface area (Å²) in [4.78, 5) is 25.1. The van der Waals surface area contributed by atoms with Crippen LogP contribution in [0.1, 0.15) is 21.5 Å². The fourth-order valence-electron chi connectivity index (χ4n) is 3.55. The third kappa shape index (κ3) is 4.19. The van der Waals surface area contributed by atoms with E-state index in [0.717, 1.165) is 15.2 Å². The molecule has 3 N–H and O–H groups in total. The van der Waals surface area contributed by atoms with Crippen LogP contribution in [0.15, 0.2) is 65.5 Å². The number of aromatic nitrogens is 2. The van der Waals surface area contributed by atoms with Crippen molar-refractivity contribution < 1.29 is 22.4 Å². The predicted octanol–water partition coefficient (Wildman–Crippen LogP) is 4.38. The molecular formula is C23H18F4N4O2. The smallest absolute Gasteiger partial charge is 0.397 e. The number of halogens is 4. The highest BCUT2D eigenvalue weighted by atomic mass is 19.4. The zero-order chi connectivity index (χ0) is 23.9. The normalized spacial score (nSPS) is 11.7. The molecule has 0 spiro atoms. The van der Waals surface area contributed by atoms with Crippen molar-refractivity contribution in [3.8, 4) is 0 Å². The van der Waals surface area contributed by atoms with E-state index in [1.54, 1.807) is 36.4 Å². The van der Waals surface area contributed by atoms with Crippen LogP contribution in [0.25, 0.3) is 11.0 Å². The molecule has 33 heavy (non-hydrogen) atoms. The third-order valence-corrected chi connectivity index (χ3v) is 5.29. The summed E-state index contributed by atoms with van der Waals surface area (Å²) < 4.78 is 55.8. The number of rotatable bonds is 4. The minimum absolute atomic E-state index is 0.0913. The highest BCUT2D eigenvalue weighted by Crippen LogP contribution is 2.32. The number of hydrogen-bond donors (Lipinski definition) is 2. The summed E-state index contributed by atoms with van der Waals surface area (Å²) in [7, 11) is 1.28. The van der Waals surface area contributed by atoms with Crippen LogP contribution < -0.4 is 16.7 Å². The molecule has 0 unspecified atom stereocenters. The zero-order valence-corrected chi connectivity index (χ0v) is 17.3. The molecule has 10 heteroatoms. The Morgan fingerprint density at radius 1 is 1.06 bits per heavy atom. The van der Waals surface area contributed by atoms with Crippen LogP contribution in [-0.4, -0.2) is 15.0 Å². The molecule has 4 rings (SSSR count).